The first-order valence-electron chi connectivity index (χ1n) is 7.87. The molecule has 0 bridgehead atoms. The van der Waals surface area contributed by atoms with Gasteiger partial charge in [0, 0.05) is 38.2 Å². The Labute approximate surface area is 126 Å². The van der Waals surface area contributed by atoms with E-state index in [1.165, 1.54) is 0 Å². The second-order valence-electron chi connectivity index (χ2n) is 6.05. The highest BCUT2D eigenvalue weighted by molar-refractivity contribution is 5.52. The molecule has 21 heavy (non-hydrogen) atoms. The quantitative estimate of drug-likeness (QED) is 0.898. The molecule has 3 rings (SSSR count). The lowest BCUT2D eigenvalue weighted by molar-refractivity contribution is 0.0216. The van der Waals surface area contributed by atoms with Crippen LogP contribution in [0, 0.1) is 0 Å². The van der Waals surface area contributed by atoms with E-state index in [0.717, 1.165) is 62.5 Å². The Morgan fingerprint density at radius 2 is 2.00 bits per heavy atom. The average Bonchev–Trinajstić information content (AvgIpc) is 2.47. The Balaban J connectivity index is 1.85. The van der Waals surface area contributed by atoms with Crippen molar-refractivity contribution >= 4 is 11.8 Å². The molecule has 1 fully saturated rings. The lowest BCUT2D eigenvalue weighted by Crippen LogP contribution is -2.45. The van der Waals surface area contributed by atoms with Gasteiger partial charge in [0.1, 0.15) is 5.82 Å². The Morgan fingerprint density at radius 1 is 1.24 bits per heavy atom. The van der Waals surface area contributed by atoms with Crippen LogP contribution >= 0.6 is 0 Å². The number of aromatic nitrogens is 2. The minimum atomic E-state index is 0.275. The molecule has 0 aliphatic carbocycles. The van der Waals surface area contributed by atoms with E-state index in [-0.39, 0.29) is 6.10 Å². The number of piperazine rings is 1. The minimum Gasteiger partial charge on any atom is -0.373 e. The van der Waals surface area contributed by atoms with Gasteiger partial charge in [0.15, 0.2) is 0 Å². The molecule has 3 heterocycles. The first-order valence-corrected chi connectivity index (χ1v) is 7.87. The summed E-state index contributed by atoms with van der Waals surface area (Å²) >= 11 is 0. The van der Waals surface area contributed by atoms with E-state index in [2.05, 4.69) is 33.7 Å². The maximum Gasteiger partial charge on any atom is 0.222 e. The smallest absolute Gasteiger partial charge is 0.222 e. The number of anilines is 2. The SMILES string of the molecule is CCCC1Cc2nc(N)nc(N3CCN(C)CC3)c2CO1. The topological polar surface area (TPSA) is 67.5 Å². The largest absolute Gasteiger partial charge is 0.373 e. The molecule has 0 radical (unpaired) electrons. The van der Waals surface area contributed by atoms with Gasteiger partial charge in [-0.1, -0.05) is 13.3 Å². The van der Waals surface area contributed by atoms with Gasteiger partial charge in [-0.25, -0.2) is 4.98 Å². The van der Waals surface area contributed by atoms with E-state index in [4.69, 9.17) is 10.5 Å². The van der Waals surface area contributed by atoms with E-state index >= 15 is 0 Å². The molecule has 1 unspecified atom stereocenters. The summed E-state index contributed by atoms with van der Waals surface area (Å²) in [7, 11) is 2.15. The van der Waals surface area contributed by atoms with Gasteiger partial charge in [-0.05, 0) is 13.5 Å². The molecule has 6 heteroatoms. The first-order chi connectivity index (χ1) is 10.2. The van der Waals surface area contributed by atoms with Gasteiger partial charge in [-0.15, -0.1) is 0 Å². The molecular formula is C15H25N5O. The number of hydrogen-bond acceptors (Lipinski definition) is 6. The van der Waals surface area contributed by atoms with Crippen LogP contribution in [0.2, 0.25) is 0 Å². The number of ether oxygens (including phenoxy) is 1. The molecule has 6 nitrogen and oxygen atoms in total. The Morgan fingerprint density at radius 3 is 2.71 bits per heavy atom. The molecule has 2 N–H and O–H groups in total. The molecule has 2 aliphatic rings. The first kappa shape index (κ1) is 14.5. The maximum atomic E-state index is 5.98. The van der Waals surface area contributed by atoms with Crippen molar-refractivity contribution in [2.75, 3.05) is 43.9 Å². The molecule has 0 spiro atoms. The molecule has 1 aromatic heterocycles. The summed E-state index contributed by atoms with van der Waals surface area (Å²) in [6, 6.07) is 0. The van der Waals surface area contributed by atoms with Gasteiger partial charge in [0.25, 0.3) is 0 Å². The van der Waals surface area contributed by atoms with Crippen molar-refractivity contribution in [3.63, 3.8) is 0 Å². The van der Waals surface area contributed by atoms with Gasteiger partial charge < -0.3 is 20.3 Å². The predicted molar refractivity (Wildman–Crippen MR) is 83.3 cm³/mol. The normalized spacial score (nSPS) is 23.1. The van der Waals surface area contributed by atoms with Crippen LogP contribution < -0.4 is 10.6 Å². The van der Waals surface area contributed by atoms with Gasteiger partial charge in [-0.3, -0.25) is 0 Å². The summed E-state index contributed by atoms with van der Waals surface area (Å²) in [5.74, 6) is 1.38. The van der Waals surface area contributed by atoms with E-state index in [0.29, 0.717) is 12.6 Å². The molecule has 2 aliphatic heterocycles. The molecule has 116 valence electrons. The fourth-order valence-corrected chi connectivity index (χ4v) is 3.12. The van der Waals surface area contributed by atoms with E-state index < -0.39 is 0 Å². The van der Waals surface area contributed by atoms with Crippen LogP contribution in [0.5, 0.6) is 0 Å². The van der Waals surface area contributed by atoms with Crippen LogP contribution in [-0.2, 0) is 17.8 Å². The zero-order chi connectivity index (χ0) is 14.8. The number of hydrogen-bond donors (Lipinski definition) is 1. The van der Waals surface area contributed by atoms with Gasteiger partial charge >= 0.3 is 0 Å². The number of nitrogens with two attached hydrogens (primary N) is 1. The highest BCUT2D eigenvalue weighted by atomic mass is 16.5. The van der Waals surface area contributed by atoms with E-state index in [1.54, 1.807) is 0 Å². The van der Waals surface area contributed by atoms with Crippen molar-refractivity contribution < 1.29 is 4.74 Å². The van der Waals surface area contributed by atoms with Gasteiger partial charge in [0.2, 0.25) is 5.95 Å². The standard InChI is InChI=1S/C15H25N5O/c1-3-4-11-9-13-12(10-21-11)14(18-15(16)17-13)20-7-5-19(2)6-8-20/h11H,3-10H2,1-2H3,(H2,16,17,18). The van der Waals surface area contributed by atoms with Crippen molar-refractivity contribution in [2.45, 2.75) is 38.9 Å². The van der Waals surface area contributed by atoms with Crippen LogP contribution in [0.1, 0.15) is 31.0 Å². The Bertz CT molecular complexity index is 499. The minimum absolute atomic E-state index is 0.275. The molecule has 1 aromatic rings. The van der Waals surface area contributed by atoms with Crippen LogP contribution in [-0.4, -0.2) is 54.2 Å². The molecule has 1 atom stereocenters. The van der Waals surface area contributed by atoms with Crippen LogP contribution in [0.3, 0.4) is 0 Å². The second-order valence-corrected chi connectivity index (χ2v) is 6.05. The van der Waals surface area contributed by atoms with Crippen molar-refractivity contribution in [2.24, 2.45) is 0 Å². The summed E-state index contributed by atoms with van der Waals surface area (Å²) in [6.07, 6.45) is 3.34. The molecule has 0 aromatic carbocycles. The van der Waals surface area contributed by atoms with E-state index in [1.807, 2.05) is 0 Å². The van der Waals surface area contributed by atoms with E-state index in [9.17, 15) is 0 Å². The molecule has 0 saturated carbocycles. The number of likely N-dealkylation sites (N-methyl/N-ethyl adjacent to an activating group) is 1. The fourth-order valence-electron chi connectivity index (χ4n) is 3.12. The Hall–Kier alpha value is -1.40. The maximum absolute atomic E-state index is 5.98. The van der Waals surface area contributed by atoms with Crippen molar-refractivity contribution in [3.8, 4) is 0 Å². The monoisotopic (exact) mass is 291 g/mol. The Kier molecular flexibility index (Phi) is 4.26. The molecule has 1 saturated heterocycles. The number of nitrogens with zero attached hydrogens (tertiary/aromatic N) is 4. The summed E-state index contributed by atoms with van der Waals surface area (Å²) in [5.41, 5.74) is 8.16. The predicted octanol–water partition coefficient (Wildman–Crippen LogP) is 1.05. The third-order valence-corrected chi connectivity index (χ3v) is 4.39. The number of rotatable bonds is 3. The molecule has 0 amide bonds. The lowest BCUT2D eigenvalue weighted by Gasteiger charge is -2.35. The average molecular weight is 291 g/mol. The number of fused-ring (bicyclic) bond motifs is 1. The van der Waals surface area contributed by atoms with Crippen molar-refractivity contribution in [3.05, 3.63) is 11.3 Å². The highest BCUT2D eigenvalue weighted by Gasteiger charge is 2.27. The number of nitrogen functional groups attached to an aromatic ring is 1. The second kappa shape index (κ2) is 6.15. The van der Waals surface area contributed by atoms with Gasteiger partial charge in [0.05, 0.1) is 18.4 Å². The van der Waals surface area contributed by atoms with Crippen LogP contribution in [0.15, 0.2) is 0 Å². The van der Waals surface area contributed by atoms with Crippen LogP contribution in [0.4, 0.5) is 11.8 Å². The molecular weight excluding hydrogens is 266 g/mol. The fraction of sp³-hybridized carbons (Fsp3) is 0.733. The summed E-state index contributed by atoms with van der Waals surface area (Å²) in [5, 5.41) is 0. The summed E-state index contributed by atoms with van der Waals surface area (Å²) in [6.45, 7) is 6.87. The third kappa shape index (κ3) is 3.11. The summed E-state index contributed by atoms with van der Waals surface area (Å²) in [4.78, 5) is 13.6. The van der Waals surface area contributed by atoms with Crippen molar-refractivity contribution in [1.82, 2.24) is 14.9 Å². The van der Waals surface area contributed by atoms with Gasteiger partial charge in [-0.2, -0.15) is 4.98 Å². The lowest BCUT2D eigenvalue weighted by atomic mass is 10.0. The van der Waals surface area contributed by atoms with Crippen LogP contribution in [0.25, 0.3) is 0 Å². The zero-order valence-electron chi connectivity index (χ0n) is 13.0. The zero-order valence-corrected chi connectivity index (χ0v) is 13.0. The third-order valence-electron chi connectivity index (χ3n) is 4.39. The summed E-state index contributed by atoms with van der Waals surface area (Å²) < 4.78 is 5.98. The highest BCUT2D eigenvalue weighted by Crippen LogP contribution is 2.29. The van der Waals surface area contributed by atoms with Crippen molar-refractivity contribution in [1.29, 1.82) is 0 Å².